The lowest BCUT2D eigenvalue weighted by Crippen LogP contribution is -2.50. The summed E-state index contributed by atoms with van der Waals surface area (Å²) in [6.45, 7) is 3.13. The summed E-state index contributed by atoms with van der Waals surface area (Å²) in [6, 6.07) is 6.63. The number of carbonyl (C=O) groups excluding carboxylic acids is 2. The largest absolute Gasteiger partial charge is 0.467 e. The van der Waals surface area contributed by atoms with Gasteiger partial charge in [-0.25, -0.2) is 4.79 Å². The van der Waals surface area contributed by atoms with Crippen LogP contribution in [0.3, 0.4) is 0 Å². The zero-order valence-corrected chi connectivity index (χ0v) is 10.7. The number of halogens is 1. The van der Waals surface area contributed by atoms with Crippen molar-refractivity contribution in [2.45, 2.75) is 19.4 Å². The highest BCUT2D eigenvalue weighted by Crippen LogP contribution is 2.16. The van der Waals surface area contributed by atoms with Crippen LogP contribution in [-0.2, 0) is 9.53 Å². The molecule has 1 aromatic carbocycles. The molecule has 4 nitrogen and oxygen atoms in total. The molecule has 0 aromatic heterocycles. The number of methoxy groups -OCH3 is 1. The Hall–Kier alpha value is -1.55. The van der Waals surface area contributed by atoms with Gasteiger partial charge in [0.05, 0.1) is 17.7 Å². The SMILES string of the molecule is COC(=O)C(C)(C)NC(=O)c1ccccc1Cl. The standard InChI is InChI=1S/C12H14ClNO3/c1-12(2,11(16)17-3)14-10(15)8-6-4-5-7-9(8)13/h4-7H,1-3H3,(H,14,15). The average molecular weight is 256 g/mol. The van der Waals surface area contributed by atoms with Crippen LogP contribution < -0.4 is 5.32 Å². The molecule has 0 bridgehead atoms. The van der Waals surface area contributed by atoms with E-state index in [1.807, 2.05) is 0 Å². The van der Waals surface area contributed by atoms with Crippen LogP contribution in [0.5, 0.6) is 0 Å². The number of esters is 1. The van der Waals surface area contributed by atoms with Crippen LogP contribution in [0.15, 0.2) is 24.3 Å². The van der Waals surface area contributed by atoms with E-state index in [0.29, 0.717) is 10.6 Å². The molecular weight excluding hydrogens is 242 g/mol. The molecule has 5 heteroatoms. The molecule has 0 aliphatic heterocycles. The van der Waals surface area contributed by atoms with Crippen LogP contribution in [0, 0.1) is 0 Å². The number of nitrogens with one attached hydrogen (secondary N) is 1. The molecule has 0 saturated carbocycles. The number of benzene rings is 1. The van der Waals surface area contributed by atoms with Crippen molar-refractivity contribution in [3.05, 3.63) is 34.9 Å². The van der Waals surface area contributed by atoms with E-state index in [0.717, 1.165) is 0 Å². The third-order valence-electron chi connectivity index (χ3n) is 2.24. The minimum Gasteiger partial charge on any atom is -0.467 e. The second kappa shape index (κ2) is 5.19. The van der Waals surface area contributed by atoms with E-state index in [-0.39, 0.29) is 0 Å². The molecule has 0 saturated heterocycles. The molecule has 0 spiro atoms. The molecule has 0 unspecified atom stereocenters. The van der Waals surface area contributed by atoms with E-state index in [4.69, 9.17) is 11.6 Å². The molecule has 0 radical (unpaired) electrons. The van der Waals surface area contributed by atoms with E-state index in [1.54, 1.807) is 38.1 Å². The first-order chi connectivity index (χ1) is 7.88. The average Bonchev–Trinajstić information content (AvgIpc) is 2.27. The van der Waals surface area contributed by atoms with Gasteiger partial charge in [-0.2, -0.15) is 0 Å². The molecule has 1 N–H and O–H groups in total. The summed E-state index contributed by atoms with van der Waals surface area (Å²) in [5.41, 5.74) is -0.767. The Labute approximate surface area is 105 Å². The van der Waals surface area contributed by atoms with Crippen molar-refractivity contribution in [1.82, 2.24) is 5.32 Å². The minimum absolute atomic E-state index is 0.325. The van der Waals surface area contributed by atoms with E-state index >= 15 is 0 Å². The summed E-state index contributed by atoms with van der Waals surface area (Å²) in [5.74, 6) is -0.927. The van der Waals surface area contributed by atoms with E-state index in [9.17, 15) is 9.59 Å². The lowest BCUT2D eigenvalue weighted by atomic mass is 10.1. The molecule has 17 heavy (non-hydrogen) atoms. The van der Waals surface area contributed by atoms with Crippen LogP contribution in [0.2, 0.25) is 5.02 Å². The summed E-state index contributed by atoms with van der Waals surface area (Å²) >= 11 is 5.88. The first kappa shape index (κ1) is 13.5. The number of hydrogen-bond donors (Lipinski definition) is 1. The molecular formula is C12H14ClNO3. The number of hydrogen-bond acceptors (Lipinski definition) is 3. The Morgan fingerprint density at radius 2 is 1.88 bits per heavy atom. The van der Waals surface area contributed by atoms with E-state index < -0.39 is 17.4 Å². The van der Waals surface area contributed by atoms with Gasteiger partial charge in [0.2, 0.25) is 0 Å². The fourth-order valence-corrected chi connectivity index (χ4v) is 1.52. The van der Waals surface area contributed by atoms with Gasteiger partial charge in [-0.1, -0.05) is 23.7 Å². The fourth-order valence-electron chi connectivity index (χ4n) is 1.30. The van der Waals surface area contributed by atoms with Gasteiger partial charge in [0, 0.05) is 0 Å². The minimum atomic E-state index is -1.09. The molecule has 0 fully saturated rings. The van der Waals surface area contributed by atoms with Crippen molar-refractivity contribution in [1.29, 1.82) is 0 Å². The molecule has 0 aliphatic carbocycles. The summed E-state index contributed by atoms with van der Waals surface area (Å²) in [4.78, 5) is 23.3. The predicted octanol–water partition coefficient (Wildman–Crippen LogP) is 2.02. The summed E-state index contributed by atoms with van der Waals surface area (Å²) in [6.07, 6.45) is 0. The van der Waals surface area contributed by atoms with Crippen molar-refractivity contribution in [3.63, 3.8) is 0 Å². The first-order valence-corrected chi connectivity index (χ1v) is 5.41. The van der Waals surface area contributed by atoms with Gasteiger partial charge in [-0.3, -0.25) is 4.79 Å². The quantitative estimate of drug-likeness (QED) is 0.841. The van der Waals surface area contributed by atoms with Crippen LogP contribution >= 0.6 is 11.6 Å². The summed E-state index contributed by atoms with van der Waals surface area (Å²) in [7, 11) is 1.27. The van der Waals surface area contributed by atoms with Crippen LogP contribution in [-0.4, -0.2) is 24.5 Å². The highest BCUT2D eigenvalue weighted by atomic mass is 35.5. The second-order valence-corrected chi connectivity index (χ2v) is 4.46. The predicted molar refractivity (Wildman–Crippen MR) is 65.0 cm³/mol. The maximum Gasteiger partial charge on any atom is 0.330 e. The second-order valence-electron chi connectivity index (χ2n) is 4.05. The molecule has 0 heterocycles. The van der Waals surface area contributed by atoms with Gasteiger partial charge in [-0.15, -0.1) is 0 Å². The van der Waals surface area contributed by atoms with Gasteiger partial charge in [-0.05, 0) is 26.0 Å². The Balaban J connectivity index is 2.87. The van der Waals surface area contributed by atoms with E-state index in [1.165, 1.54) is 7.11 Å². The Bertz CT molecular complexity index is 443. The van der Waals surface area contributed by atoms with Gasteiger partial charge < -0.3 is 10.1 Å². The third kappa shape index (κ3) is 3.20. The van der Waals surface area contributed by atoms with Gasteiger partial charge >= 0.3 is 5.97 Å². The van der Waals surface area contributed by atoms with Crippen molar-refractivity contribution in [2.75, 3.05) is 7.11 Å². The Kier molecular flexibility index (Phi) is 4.12. The first-order valence-electron chi connectivity index (χ1n) is 5.04. The van der Waals surface area contributed by atoms with Gasteiger partial charge in [0.25, 0.3) is 5.91 Å². The third-order valence-corrected chi connectivity index (χ3v) is 2.57. The van der Waals surface area contributed by atoms with Crippen molar-refractivity contribution >= 4 is 23.5 Å². The highest BCUT2D eigenvalue weighted by molar-refractivity contribution is 6.33. The van der Waals surface area contributed by atoms with Crippen molar-refractivity contribution in [3.8, 4) is 0 Å². The highest BCUT2D eigenvalue weighted by Gasteiger charge is 2.31. The molecule has 1 rings (SSSR count). The smallest absolute Gasteiger partial charge is 0.330 e. The van der Waals surface area contributed by atoms with Crippen molar-refractivity contribution in [2.24, 2.45) is 0 Å². The topological polar surface area (TPSA) is 55.4 Å². The van der Waals surface area contributed by atoms with Crippen molar-refractivity contribution < 1.29 is 14.3 Å². The summed E-state index contributed by atoms with van der Waals surface area (Å²) < 4.78 is 4.60. The van der Waals surface area contributed by atoms with Gasteiger partial charge in [0.1, 0.15) is 5.54 Å². The van der Waals surface area contributed by atoms with Gasteiger partial charge in [0.15, 0.2) is 0 Å². The number of amides is 1. The molecule has 1 aromatic rings. The lowest BCUT2D eigenvalue weighted by molar-refractivity contribution is -0.146. The Morgan fingerprint density at radius 3 is 2.41 bits per heavy atom. The fraction of sp³-hybridized carbons (Fsp3) is 0.333. The zero-order chi connectivity index (χ0) is 13.1. The van der Waals surface area contributed by atoms with E-state index in [2.05, 4.69) is 10.1 Å². The summed E-state index contributed by atoms with van der Waals surface area (Å²) in [5, 5.41) is 2.90. The number of rotatable bonds is 3. The van der Waals surface area contributed by atoms with Crippen LogP contribution in [0.4, 0.5) is 0 Å². The molecule has 0 atom stereocenters. The normalized spacial score (nSPS) is 10.8. The molecule has 92 valence electrons. The lowest BCUT2D eigenvalue weighted by Gasteiger charge is -2.23. The Morgan fingerprint density at radius 1 is 1.29 bits per heavy atom. The molecule has 1 amide bonds. The number of ether oxygens (including phenoxy) is 1. The number of carbonyl (C=O) groups is 2. The maximum absolute atomic E-state index is 11.9. The molecule has 0 aliphatic rings. The maximum atomic E-state index is 11.9. The zero-order valence-electron chi connectivity index (χ0n) is 9.91. The van der Waals surface area contributed by atoms with Crippen LogP contribution in [0.1, 0.15) is 24.2 Å². The van der Waals surface area contributed by atoms with Crippen LogP contribution in [0.25, 0.3) is 0 Å². The monoisotopic (exact) mass is 255 g/mol.